The molecule has 0 spiro atoms. The van der Waals surface area contributed by atoms with E-state index in [2.05, 4.69) is 10.4 Å². The smallest absolute Gasteiger partial charge is 0.337 e. The number of hydrogen-bond donors (Lipinski definition) is 2. The number of carbonyl (C=O) groups is 1. The number of carboxylic acids is 1. The third kappa shape index (κ3) is 3.79. The molecule has 1 atom stereocenters. The predicted molar refractivity (Wildman–Crippen MR) is 128 cm³/mol. The second-order valence-corrected chi connectivity index (χ2v) is 8.14. The molecule has 2 aromatic heterocycles. The molecule has 170 valence electrons. The fourth-order valence-electron chi connectivity index (χ4n) is 4.12. The van der Waals surface area contributed by atoms with Crippen LogP contribution in [-0.4, -0.2) is 20.9 Å². The van der Waals surface area contributed by atoms with Crippen molar-refractivity contribution in [2.75, 3.05) is 5.32 Å². The van der Waals surface area contributed by atoms with Crippen LogP contribution in [0.2, 0.25) is 0 Å². The molecule has 0 aliphatic heterocycles. The summed E-state index contributed by atoms with van der Waals surface area (Å²) in [6, 6.07) is 15.2. The Morgan fingerprint density at radius 3 is 2.74 bits per heavy atom. The molecule has 0 saturated heterocycles. The van der Waals surface area contributed by atoms with E-state index < -0.39 is 17.8 Å². The molecule has 2 N–H and O–H groups in total. The van der Waals surface area contributed by atoms with Gasteiger partial charge in [0.05, 0.1) is 22.5 Å². The summed E-state index contributed by atoms with van der Waals surface area (Å²) in [7, 11) is 1.83. The summed E-state index contributed by atoms with van der Waals surface area (Å²) in [5, 5.41) is 17.9. The van der Waals surface area contributed by atoms with Gasteiger partial charge in [-0.15, -0.1) is 0 Å². The first-order chi connectivity index (χ1) is 16.3. The van der Waals surface area contributed by atoms with Gasteiger partial charge in [0.1, 0.15) is 17.2 Å². The lowest BCUT2D eigenvalue weighted by Gasteiger charge is -2.19. The van der Waals surface area contributed by atoms with Crippen molar-refractivity contribution >= 4 is 33.5 Å². The topological polar surface area (TPSA) is 97.4 Å². The molecule has 3 aromatic carbocycles. The average Bonchev–Trinajstić information content (AvgIpc) is 3.18. The Bertz CT molecular complexity index is 1640. The molecular formula is C26H20FN3O4. The lowest BCUT2D eigenvalue weighted by molar-refractivity contribution is 0.0698. The highest BCUT2D eigenvalue weighted by atomic mass is 19.1. The number of benzene rings is 3. The molecule has 8 heteroatoms. The fraction of sp³-hybridized carbons (Fsp3) is 0.115. The second-order valence-electron chi connectivity index (χ2n) is 8.14. The maximum absolute atomic E-state index is 14.5. The Kier molecular flexibility index (Phi) is 5.13. The van der Waals surface area contributed by atoms with Crippen LogP contribution in [0, 0.1) is 5.82 Å². The molecule has 0 fully saturated rings. The molecule has 7 nitrogen and oxygen atoms in total. The van der Waals surface area contributed by atoms with Crippen LogP contribution < -0.4 is 10.7 Å². The van der Waals surface area contributed by atoms with E-state index in [0.29, 0.717) is 22.6 Å². The number of aromatic nitrogens is 2. The molecule has 5 aromatic rings. The third-order valence-corrected chi connectivity index (χ3v) is 5.72. The average molecular weight is 457 g/mol. The number of para-hydroxylation sites is 1. The van der Waals surface area contributed by atoms with Gasteiger partial charge in [0.25, 0.3) is 0 Å². The minimum atomic E-state index is -1.08. The highest BCUT2D eigenvalue weighted by Gasteiger charge is 2.19. The number of fused-ring (bicyclic) bond motifs is 2. The zero-order valence-corrected chi connectivity index (χ0v) is 18.4. The van der Waals surface area contributed by atoms with Crippen LogP contribution in [0.25, 0.3) is 33.2 Å². The zero-order valence-electron chi connectivity index (χ0n) is 18.4. The first-order valence-electron chi connectivity index (χ1n) is 10.6. The normalized spacial score (nSPS) is 12.2. The third-order valence-electron chi connectivity index (χ3n) is 5.72. The molecule has 0 aliphatic carbocycles. The molecule has 1 unspecified atom stereocenters. The number of aryl methyl sites for hydroxylation is 1. The maximum atomic E-state index is 14.5. The summed E-state index contributed by atoms with van der Waals surface area (Å²) in [5.74, 6) is -1.33. The summed E-state index contributed by atoms with van der Waals surface area (Å²) >= 11 is 0. The zero-order chi connectivity index (χ0) is 24.0. The number of aromatic carboxylic acids is 1. The van der Waals surface area contributed by atoms with Crippen molar-refractivity contribution in [1.29, 1.82) is 0 Å². The van der Waals surface area contributed by atoms with Gasteiger partial charge in [-0.05, 0) is 49.4 Å². The number of rotatable bonds is 5. The lowest BCUT2D eigenvalue weighted by Crippen LogP contribution is -2.12. The monoisotopic (exact) mass is 457 g/mol. The van der Waals surface area contributed by atoms with Gasteiger partial charge in [-0.25, -0.2) is 9.18 Å². The highest BCUT2D eigenvalue weighted by Crippen LogP contribution is 2.32. The van der Waals surface area contributed by atoms with E-state index in [-0.39, 0.29) is 22.0 Å². The maximum Gasteiger partial charge on any atom is 0.337 e. The Morgan fingerprint density at radius 2 is 1.94 bits per heavy atom. The molecule has 34 heavy (non-hydrogen) atoms. The van der Waals surface area contributed by atoms with E-state index >= 15 is 0 Å². The summed E-state index contributed by atoms with van der Waals surface area (Å²) in [6.45, 7) is 1.75. The number of carboxylic acid groups (broad SMARTS) is 1. The first kappa shape index (κ1) is 21.4. The minimum Gasteiger partial charge on any atom is -0.478 e. The number of anilines is 1. The fourth-order valence-corrected chi connectivity index (χ4v) is 4.12. The Balaban J connectivity index is 1.64. The van der Waals surface area contributed by atoms with Crippen molar-refractivity contribution in [2.45, 2.75) is 13.0 Å². The van der Waals surface area contributed by atoms with Gasteiger partial charge in [0.2, 0.25) is 0 Å². The Morgan fingerprint density at radius 1 is 1.15 bits per heavy atom. The second kappa shape index (κ2) is 8.15. The summed E-state index contributed by atoms with van der Waals surface area (Å²) in [6.07, 6.45) is 1.87. The van der Waals surface area contributed by atoms with Crippen molar-refractivity contribution in [3.8, 4) is 11.3 Å². The van der Waals surface area contributed by atoms with Crippen LogP contribution in [-0.2, 0) is 7.05 Å². The van der Waals surface area contributed by atoms with Crippen LogP contribution in [0.3, 0.4) is 0 Å². The van der Waals surface area contributed by atoms with Crippen LogP contribution in [0.1, 0.15) is 28.9 Å². The lowest BCUT2D eigenvalue weighted by atomic mass is 10.0. The van der Waals surface area contributed by atoms with E-state index in [9.17, 15) is 19.1 Å². The molecule has 0 saturated carbocycles. The number of halogens is 1. The van der Waals surface area contributed by atoms with E-state index in [1.807, 2.05) is 31.4 Å². The molecule has 0 amide bonds. The standard InChI is InChI=1S/C26H20FN3O4/c1-14(28-22-6-4-3-5-18(22)26(32)33)19-10-17(27)11-20-23(31)12-24(34-25(19)20)15-7-8-21-16(9-15)13-30(2)29-21/h3-14,28H,1-2H3,(H,32,33). The van der Waals surface area contributed by atoms with Gasteiger partial charge in [-0.1, -0.05) is 12.1 Å². The van der Waals surface area contributed by atoms with Crippen LogP contribution in [0.15, 0.2) is 76.1 Å². The Hall–Kier alpha value is -4.46. The Labute approximate surface area is 193 Å². The van der Waals surface area contributed by atoms with E-state index in [1.54, 1.807) is 29.8 Å². The van der Waals surface area contributed by atoms with Crippen molar-refractivity contribution in [3.05, 3.63) is 94.0 Å². The van der Waals surface area contributed by atoms with Gasteiger partial charge in [-0.2, -0.15) is 5.10 Å². The van der Waals surface area contributed by atoms with Crippen molar-refractivity contribution in [3.63, 3.8) is 0 Å². The van der Waals surface area contributed by atoms with Gasteiger partial charge in [0.15, 0.2) is 5.43 Å². The van der Waals surface area contributed by atoms with E-state index in [4.69, 9.17) is 4.42 Å². The largest absolute Gasteiger partial charge is 0.478 e. The molecule has 0 radical (unpaired) electrons. The summed E-state index contributed by atoms with van der Waals surface area (Å²) < 4.78 is 22.3. The van der Waals surface area contributed by atoms with E-state index in [0.717, 1.165) is 17.0 Å². The molecule has 5 rings (SSSR count). The molecule has 2 heterocycles. The van der Waals surface area contributed by atoms with Gasteiger partial charge in [0, 0.05) is 41.5 Å². The van der Waals surface area contributed by atoms with Crippen molar-refractivity contribution in [1.82, 2.24) is 9.78 Å². The van der Waals surface area contributed by atoms with Gasteiger partial charge in [-0.3, -0.25) is 9.48 Å². The molecular weight excluding hydrogens is 437 g/mol. The van der Waals surface area contributed by atoms with Gasteiger partial charge >= 0.3 is 5.97 Å². The predicted octanol–water partition coefficient (Wildman–Crippen LogP) is 5.36. The van der Waals surface area contributed by atoms with Crippen molar-refractivity contribution < 1.29 is 18.7 Å². The summed E-state index contributed by atoms with van der Waals surface area (Å²) in [5.41, 5.74) is 2.22. The van der Waals surface area contributed by atoms with Crippen molar-refractivity contribution in [2.24, 2.45) is 7.05 Å². The number of nitrogens with one attached hydrogen (secondary N) is 1. The van der Waals surface area contributed by atoms with Crippen LogP contribution >= 0.6 is 0 Å². The molecule has 0 bridgehead atoms. The molecule has 0 aliphatic rings. The number of nitrogens with zero attached hydrogens (tertiary/aromatic N) is 2. The first-order valence-corrected chi connectivity index (χ1v) is 10.6. The van der Waals surface area contributed by atoms with E-state index in [1.165, 1.54) is 18.2 Å². The highest BCUT2D eigenvalue weighted by molar-refractivity contribution is 5.94. The SMILES string of the molecule is CC(Nc1ccccc1C(=O)O)c1cc(F)cc2c(=O)cc(-c3ccc4nn(C)cc4c3)oc12. The van der Waals surface area contributed by atoms with Gasteiger partial charge < -0.3 is 14.8 Å². The van der Waals surface area contributed by atoms with Crippen LogP contribution in [0.5, 0.6) is 0 Å². The summed E-state index contributed by atoms with van der Waals surface area (Å²) in [4.78, 5) is 24.5. The minimum absolute atomic E-state index is 0.0852. The van der Waals surface area contributed by atoms with Crippen LogP contribution in [0.4, 0.5) is 10.1 Å². The quantitative estimate of drug-likeness (QED) is 0.369. The number of hydrogen-bond acceptors (Lipinski definition) is 5.